The first kappa shape index (κ1) is 9.57. The Morgan fingerprint density at radius 3 is 2.85 bits per heavy atom. The summed E-state index contributed by atoms with van der Waals surface area (Å²) in [4.78, 5) is 0. The highest BCUT2D eigenvalue weighted by Crippen LogP contribution is 2.07. The van der Waals surface area contributed by atoms with Crippen LogP contribution >= 0.6 is 0 Å². The minimum Gasteiger partial charge on any atom is -0.358 e. The first-order valence-electron chi connectivity index (χ1n) is 3.89. The summed E-state index contributed by atoms with van der Waals surface area (Å²) in [6, 6.07) is 7.78. The van der Waals surface area contributed by atoms with E-state index >= 15 is 0 Å². The van der Waals surface area contributed by atoms with E-state index in [1.807, 2.05) is 24.3 Å². The van der Waals surface area contributed by atoms with Crippen molar-refractivity contribution in [3.05, 3.63) is 48.6 Å². The van der Waals surface area contributed by atoms with Gasteiger partial charge in [0, 0.05) is 12.7 Å². The summed E-state index contributed by atoms with van der Waals surface area (Å²) >= 11 is 0. The van der Waals surface area contributed by atoms with E-state index in [0.29, 0.717) is 0 Å². The molecule has 0 saturated carbocycles. The third-order valence-electron chi connectivity index (χ3n) is 1.53. The predicted octanol–water partition coefficient (Wildman–Crippen LogP) is 2.37. The molecule has 0 saturated heterocycles. The van der Waals surface area contributed by atoms with Crippen molar-refractivity contribution in [2.45, 2.75) is 0 Å². The van der Waals surface area contributed by atoms with Crippen LogP contribution in [-0.2, 0) is 4.74 Å². The van der Waals surface area contributed by atoms with Crippen LogP contribution < -0.4 is 0 Å². The maximum Gasteiger partial charge on any atom is 0.217 e. The largest absolute Gasteiger partial charge is 0.358 e. The van der Waals surface area contributed by atoms with E-state index in [1.54, 1.807) is 6.08 Å². The van der Waals surface area contributed by atoms with Gasteiger partial charge in [0.25, 0.3) is 0 Å². The molecule has 0 aliphatic carbocycles. The van der Waals surface area contributed by atoms with Gasteiger partial charge in [-0.2, -0.15) is 0 Å². The summed E-state index contributed by atoms with van der Waals surface area (Å²) in [7, 11) is 1.52. The summed E-state index contributed by atoms with van der Waals surface area (Å²) in [6.45, 7) is 6.15. The molecule has 0 atom stereocenters. The van der Waals surface area contributed by atoms with Gasteiger partial charge in [-0.25, -0.2) is 0 Å². The molecule has 1 rings (SSSR count). The number of benzene rings is 1. The van der Waals surface area contributed by atoms with E-state index in [2.05, 4.69) is 29.8 Å². The molecule has 13 heavy (non-hydrogen) atoms. The van der Waals surface area contributed by atoms with Crippen molar-refractivity contribution in [3.8, 4) is 11.8 Å². The molecule has 0 spiro atoms. The van der Waals surface area contributed by atoms with Crippen molar-refractivity contribution in [3.63, 3.8) is 0 Å². The van der Waals surface area contributed by atoms with Gasteiger partial charge in [-0.15, -0.1) is 0 Å². The van der Waals surface area contributed by atoms with Crippen molar-refractivity contribution in [2.75, 3.05) is 7.11 Å². The van der Waals surface area contributed by atoms with Crippen molar-refractivity contribution in [1.82, 2.24) is 0 Å². The Hall–Kier alpha value is -1.52. The summed E-state index contributed by atoms with van der Waals surface area (Å²) in [5.74, 6) is 5.56. The number of methoxy groups -OCH3 is 1. The molecule has 1 aromatic rings. The fourth-order valence-corrected chi connectivity index (χ4v) is 0.933. The second-order valence-corrected chi connectivity index (χ2v) is 2.35. The van der Waals surface area contributed by atoms with Crippen molar-refractivity contribution in [2.24, 2.45) is 0 Å². The van der Waals surface area contributed by atoms with E-state index in [0.717, 1.165) is 11.1 Å². The average molecular weight is 170 g/mol. The lowest BCUT2D eigenvalue weighted by Gasteiger charge is -1.95. The van der Waals surface area contributed by atoms with E-state index in [1.165, 1.54) is 7.11 Å². The van der Waals surface area contributed by atoms with Gasteiger partial charge in [-0.3, -0.25) is 0 Å². The second-order valence-electron chi connectivity index (χ2n) is 2.35. The lowest BCUT2D eigenvalue weighted by molar-refractivity contribution is 0.301. The summed E-state index contributed by atoms with van der Waals surface area (Å²) in [5.41, 5.74) is 1.95. The van der Waals surface area contributed by atoms with Gasteiger partial charge in [0.05, 0.1) is 0 Å². The molecule has 1 aromatic carbocycles. The molecule has 0 N–H and O–H groups in total. The SMILES string of the molecule is C=Cc1ccccc1C#C[C]OC. The first-order chi connectivity index (χ1) is 6.38. The standard InChI is InChI=1S/C12H10O/c1-3-11-7-4-5-8-12(11)9-6-10-13-2/h3-5,7-8H,1H2,2H3. The quantitative estimate of drug-likeness (QED) is 0.619. The van der Waals surface area contributed by atoms with Crippen LogP contribution in [0.2, 0.25) is 0 Å². The topological polar surface area (TPSA) is 9.23 Å². The molecule has 1 heteroatoms. The van der Waals surface area contributed by atoms with Gasteiger partial charge < -0.3 is 4.74 Å². The first-order valence-corrected chi connectivity index (χ1v) is 3.89. The lowest BCUT2D eigenvalue weighted by atomic mass is 10.1. The Kier molecular flexibility index (Phi) is 3.81. The molecule has 0 heterocycles. The zero-order valence-electron chi connectivity index (χ0n) is 7.50. The zero-order chi connectivity index (χ0) is 9.52. The minimum absolute atomic E-state index is 0.932. The van der Waals surface area contributed by atoms with Gasteiger partial charge in [0.1, 0.15) is 0 Å². The molecular formula is C12H10O. The van der Waals surface area contributed by atoms with Crippen LogP contribution in [0.5, 0.6) is 0 Å². The molecular weight excluding hydrogens is 160 g/mol. The molecule has 0 fully saturated rings. The maximum atomic E-state index is 4.59. The smallest absolute Gasteiger partial charge is 0.217 e. The normalized spacial score (nSPS) is 8.69. The highest BCUT2D eigenvalue weighted by molar-refractivity contribution is 5.57. The number of hydrogen-bond acceptors (Lipinski definition) is 1. The van der Waals surface area contributed by atoms with Crippen molar-refractivity contribution in [1.29, 1.82) is 0 Å². The van der Waals surface area contributed by atoms with Crippen molar-refractivity contribution < 1.29 is 4.74 Å². The molecule has 0 aliphatic rings. The van der Waals surface area contributed by atoms with Crippen LogP contribution in [0, 0.1) is 18.4 Å². The Morgan fingerprint density at radius 1 is 1.38 bits per heavy atom. The number of ether oxygens (including phenoxy) is 1. The Bertz CT molecular complexity index is 342. The molecule has 0 bridgehead atoms. The highest BCUT2D eigenvalue weighted by atomic mass is 16.5. The summed E-state index contributed by atoms with van der Waals surface area (Å²) in [6.07, 6.45) is 1.77. The lowest BCUT2D eigenvalue weighted by Crippen LogP contribution is -1.80. The van der Waals surface area contributed by atoms with E-state index in [-0.39, 0.29) is 0 Å². The van der Waals surface area contributed by atoms with Crippen LogP contribution in [0.25, 0.3) is 6.08 Å². The Morgan fingerprint density at radius 2 is 2.15 bits per heavy atom. The van der Waals surface area contributed by atoms with E-state index in [4.69, 9.17) is 0 Å². The van der Waals surface area contributed by atoms with Crippen LogP contribution in [0.3, 0.4) is 0 Å². The molecule has 0 aromatic heterocycles. The third kappa shape index (κ3) is 2.77. The van der Waals surface area contributed by atoms with Crippen LogP contribution in [0.4, 0.5) is 0 Å². The third-order valence-corrected chi connectivity index (χ3v) is 1.53. The fourth-order valence-electron chi connectivity index (χ4n) is 0.933. The molecule has 64 valence electrons. The van der Waals surface area contributed by atoms with Crippen molar-refractivity contribution >= 4 is 6.08 Å². The van der Waals surface area contributed by atoms with Gasteiger partial charge in [0.15, 0.2) is 0 Å². The van der Waals surface area contributed by atoms with E-state index in [9.17, 15) is 0 Å². The van der Waals surface area contributed by atoms with Crippen LogP contribution in [0.1, 0.15) is 11.1 Å². The Labute approximate surface area is 79.0 Å². The monoisotopic (exact) mass is 170 g/mol. The number of hydrogen-bond donors (Lipinski definition) is 0. The minimum atomic E-state index is 0.932. The zero-order valence-corrected chi connectivity index (χ0v) is 7.50. The molecule has 0 amide bonds. The van der Waals surface area contributed by atoms with Gasteiger partial charge in [-0.05, 0) is 11.6 Å². The van der Waals surface area contributed by atoms with Gasteiger partial charge in [0.2, 0.25) is 6.61 Å². The molecule has 2 radical (unpaired) electrons. The molecule has 0 unspecified atom stereocenters. The highest BCUT2D eigenvalue weighted by Gasteiger charge is 1.91. The molecule has 1 nitrogen and oxygen atoms in total. The van der Waals surface area contributed by atoms with E-state index < -0.39 is 0 Å². The summed E-state index contributed by atoms with van der Waals surface area (Å²) in [5, 5.41) is 0. The van der Waals surface area contributed by atoms with Crippen LogP contribution in [-0.4, -0.2) is 7.11 Å². The average Bonchev–Trinajstić information content (AvgIpc) is 2.19. The maximum absolute atomic E-state index is 4.59. The predicted molar refractivity (Wildman–Crippen MR) is 53.7 cm³/mol. The van der Waals surface area contributed by atoms with Crippen LogP contribution in [0.15, 0.2) is 30.8 Å². The van der Waals surface area contributed by atoms with Gasteiger partial charge in [-0.1, -0.05) is 42.7 Å². The molecule has 0 aliphatic heterocycles. The Balaban J connectivity index is 2.88. The summed E-state index contributed by atoms with van der Waals surface area (Å²) < 4.78 is 4.59. The fraction of sp³-hybridized carbons (Fsp3) is 0.0833. The number of rotatable bonds is 2. The second kappa shape index (κ2) is 5.18. The van der Waals surface area contributed by atoms with Gasteiger partial charge >= 0.3 is 0 Å².